The summed E-state index contributed by atoms with van der Waals surface area (Å²) in [5, 5.41) is 8.35. The minimum atomic E-state index is 0.153. The average Bonchev–Trinajstić information content (AvgIpc) is 3.32. The Bertz CT molecular complexity index is 694. The van der Waals surface area contributed by atoms with Gasteiger partial charge in [0.1, 0.15) is 0 Å². The molecule has 1 aliphatic heterocycles. The summed E-state index contributed by atoms with van der Waals surface area (Å²) in [4.78, 5) is 18.6. The first-order valence-corrected chi connectivity index (χ1v) is 8.84. The first-order valence-electron chi connectivity index (χ1n) is 8.84. The Morgan fingerprint density at radius 3 is 2.67 bits per heavy atom. The molecule has 1 amide bonds. The Morgan fingerprint density at radius 1 is 1.08 bits per heavy atom. The highest BCUT2D eigenvalue weighted by molar-refractivity contribution is 5.79. The lowest BCUT2D eigenvalue weighted by Crippen LogP contribution is -2.35. The molecule has 0 spiro atoms. The van der Waals surface area contributed by atoms with E-state index in [1.165, 1.54) is 19.3 Å². The first-order chi connectivity index (χ1) is 11.8. The van der Waals surface area contributed by atoms with Crippen molar-refractivity contribution in [2.24, 2.45) is 5.92 Å². The van der Waals surface area contributed by atoms with Gasteiger partial charge in [-0.3, -0.25) is 9.78 Å². The smallest absolute Gasteiger partial charge is 0.247 e. The van der Waals surface area contributed by atoms with Gasteiger partial charge in [-0.1, -0.05) is 19.3 Å². The Morgan fingerprint density at radius 2 is 1.88 bits per heavy atom. The molecule has 3 heterocycles. The zero-order chi connectivity index (χ0) is 16.4. The third-order valence-corrected chi connectivity index (χ3v) is 5.17. The molecule has 1 saturated carbocycles. The van der Waals surface area contributed by atoms with Gasteiger partial charge in [-0.2, -0.15) is 0 Å². The van der Waals surface area contributed by atoms with E-state index in [0.717, 1.165) is 31.4 Å². The summed E-state index contributed by atoms with van der Waals surface area (Å²) in [6.45, 7) is 1.50. The van der Waals surface area contributed by atoms with Gasteiger partial charge in [0, 0.05) is 37.0 Å². The quantitative estimate of drug-likeness (QED) is 0.867. The number of hydrogen-bond acceptors (Lipinski definition) is 5. The predicted molar refractivity (Wildman–Crippen MR) is 88.0 cm³/mol. The van der Waals surface area contributed by atoms with Crippen LogP contribution in [0.25, 0.3) is 11.5 Å². The predicted octanol–water partition coefficient (Wildman–Crippen LogP) is 3.03. The topological polar surface area (TPSA) is 72.1 Å². The fourth-order valence-electron chi connectivity index (χ4n) is 3.78. The molecule has 1 atom stereocenters. The van der Waals surface area contributed by atoms with E-state index in [0.29, 0.717) is 24.2 Å². The van der Waals surface area contributed by atoms with E-state index in [9.17, 15) is 4.79 Å². The fourth-order valence-corrected chi connectivity index (χ4v) is 3.78. The normalized spacial score (nSPS) is 22.0. The lowest BCUT2D eigenvalue weighted by Gasteiger charge is -2.26. The van der Waals surface area contributed by atoms with Gasteiger partial charge in [-0.15, -0.1) is 10.2 Å². The number of aromatic nitrogens is 3. The third-order valence-electron chi connectivity index (χ3n) is 5.17. The molecule has 0 aromatic carbocycles. The zero-order valence-electron chi connectivity index (χ0n) is 13.7. The lowest BCUT2D eigenvalue weighted by molar-refractivity contribution is -0.135. The van der Waals surface area contributed by atoms with Crippen LogP contribution >= 0.6 is 0 Å². The highest BCUT2D eigenvalue weighted by atomic mass is 16.4. The molecule has 1 aliphatic carbocycles. The van der Waals surface area contributed by atoms with Crippen LogP contribution in [0.4, 0.5) is 0 Å². The molecule has 6 nitrogen and oxygen atoms in total. The molecule has 0 radical (unpaired) electrons. The van der Waals surface area contributed by atoms with Gasteiger partial charge in [0.15, 0.2) is 0 Å². The number of pyridine rings is 1. The lowest BCUT2D eigenvalue weighted by atomic mass is 9.88. The van der Waals surface area contributed by atoms with Crippen LogP contribution in [0.1, 0.15) is 50.3 Å². The monoisotopic (exact) mass is 326 g/mol. The fraction of sp³-hybridized carbons (Fsp3) is 0.556. The standard InChI is InChI=1S/C18H22N4O2/c23-18(14-4-2-1-3-5-14)22-11-8-15(12-22)17-21-20-16(24-17)13-6-9-19-10-7-13/h6-7,9-10,14-15H,1-5,8,11-12H2. The summed E-state index contributed by atoms with van der Waals surface area (Å²) >= 11 is 0. The maximum Gasteiger partial charge on any atom is 0.247 e. The molecule has 2 aromatic rings. The van der Waals surface area contributed by atoms with Crippen LogP contribution < -0.4 is 0 Å². The van der Waals surface area contributed by atoms with Gasteiger partial charge >= 0.3 is 0 Å². The summed E-state index contributed by atoms with van der Waals surface area (Å²) < 4.78 is 5.84. The van der Waals surface area contributed by atoms with Crippen LogP contribution in [-0.4, -0.2) is 39.1 Å². The number of hydrogen-bond donors (Lipinski definition) is 0. The molecule has 0 bridgehead atoms. The molecule has 1 unspecified atom stereocenters. The van der Waals surface area contributed by atoms with Gasteiger partial charge in [0.2, 0.25) is 17.7 Å². The molecule has 2 fully saturated rings. The molecule has 126 valence electrons. The summed E-state index contributed by atoms with van der Waals surface area (Å²) in [6, 6.07) is 3.70. The van der Waals surface area contributed by atoms with E-state index in [1.807, 2.05) is 17.0 Å². The van der Waals surface area contributed by atoms with Crippen LogP contribution in [0.15, 0.2) is 28.9 Å². The Kier molecular flexibility index (Phi) is 4.28. The Balaban J connectivity index is 1.42. The minimum Gasteiger partial charge on any atom is -0.420 e. The molecule has 24 heavy (non-hydrogen) atoms. The second-order valence-electron chi connectivity index (χ2n) is 6.79. The molecule has 2 aliphatic rings. The number of carbonyl (C=O) groups is 1. The molecule has 2 aromatic heterocycles. The van der Waals surface area contributed by atoms with Crippen molar-refractivity contribution in [1.29, 1.82) is 0 Å². The van der Waals surface area contributed by atoms with Crippen molar-refractivity contribution < 1.29 is 9.21 Å². The van der Waals surface area contributed by atoms with Crippen molar-refractivity contribution >= 4 is 5.91 Å². The van der Waals surface area contributed by atoms with Crippen LogP contribution in [0.2, 0.25) is 0 Å². The highest BCUT2D eigenvalue weighted by Crippen LogP contribution is 2.32. The van der Waals surface area contributed by atoms with Gasteiger partial charge in [-0.25, -0.2) is 0 Å². The van der Waals surface area contributed by atoms with Gasteiger partial charge in [0.25, 0.3) is 0 Å². The molecular formula is C18H22N4O2. The van der Waals surface area contributed by atoms with Crippen molar-refractivity contribution in [3.05, 3.63) is 30.4 Å². The summed E-state index contributed by atoms with van der Waals surface area (Å²) in [6.07, 6.45) is 10.1. The van der Waals surface area contributed by atoms with Crippen molar-refractivity contribution in [3.8, 4) is 11.5 Å². The molecule has 0 N–H and O–H groups in total. The maximum atomic E-state index is 12.7. The molecule has 6 heteroatoms. The largest absolute Gasteiger partial charge is 0.420 e. The van der Waals surface area contributed by atoms with Crippen LogP contribution in [0, 0.1) is 5.92 Å². The second kappa shape index (κ2) is 6.71. The number of likely N-dealkylation sites (tertiary alicyclic amines) is 1. The van der Waals surface area contributed by atoms with E-state index in [1.54, 1.807) is 12.4 Å². The van der Waals surface area contributed by atoms with Gasteiger partial charge in [0.05, 0.1) is 5.92 Å². The molecule has 4 rings (SSSR count). The van der Waals surface area contributed by atoms with Crippen molar-refractivity contribution in [2.75, 3.05) is 13.1 Å². The summed E-state index contributed by atoms with van der Waals surface area (Å²) in [5.74, 6) is 1.87. The summed E-state index contributed by atoms with van der Waals surface area (Å²) in [7, 11) is 0. The third kappa shape index (κ3) is 3.05. The minimum absolute atomic E-state index is 0.153. The Hall–Kier alpha value is -2.24. The van der Waals surface area contributed by atoms with Crippen LogP contribution in [0.5, 0.6) is 0 Å². The Labute approximate surface area is 141 Å². The number of amides is 1. The van der Waals surface area contributed by atoms with Gasteiger partial charge in [-0.05, 0) is 31.4 Å². The summed E-state index contributed by atoms with van der Waals surface area (Å²) in [5.41, 5.74) is 0.872. The van der Waals surface area contributed by atoms with E-state index in [2.05, 4.69) is 15.2 Å². The van der Waals surface area contributed by atoms with Crippen molar-refractivity contribution in [2.45, 2.75) is 44.4 Å². The van der Waals surface area contributed by atoms with E-state index >= 15 is 0 Å². The van der Waals surface area contributed by atoms with E-state index in [-0.39, 0.29) is 11.8 Å². The van der Waals surface area contributed by atoms with Crippen LogP contribution in [-0.2, 0) is 4.79 Å². The molecular weight excluding hydrogens is 304 g/mol. The van der Waals surface area contributed by atoms with Crippen LogP contribution in [0.3, 0.4) is 0 Å². The molecule has 1 saturated heterocycles. The number of carbonyl (C=O) groups excluding carboxylic acids is 1. The van der Waals surface area contributed by atoms with E-state index < -0.39 is 0 Å². The number of nitrogens with zero attached hydrogens (tertiary/aromatic N) is 4. The first kappa shape index (κ1) is 15.3. The van der Waals surface area contributed by atoms with Crippen molar-refractivity contribution in [1.82, 2.24) is 20.1 Å². The second-order valence-corrected chi connectivity index (χ2v) is 6.79. The maximum absolute atomic E-state index is 12.7. The number of rotatable bonds is 3. The highest BCUT2D eigenvalue weighted by Gasteiger charge is 2.34. The SMILES string of the molecule is O=C(C1CCCCC1)N1CCC(c2nnc(-c3ccncc3)o2)C1. The van der Waals surface area contributed by atoms with Gasteiger partial charge < -0.3 is 9.32 Å². The average molecular weight is 326 g/mol. The van der Waals surface area contributed by atoms with Crippen molar-refractivity contribution in [3.63, 3.8) is 0 Å². The zero-order valence-corrected chi connectivity index (χ0v) is 13.7. The van der Waals surface area contributed by atoms with E-state index in [4.69, 9.17) is 4.42 Å².